The van der Waals surface area contributed by atoms with Crippen LogP contribution < -0.4 is 5.43 Å². The Kier molecular flexibility index (Phi) is 16.8. The van der Waals surface area contributed by atoms with E-state index < -0.39 is 77.4 Å². The monoisotopic (exact) mass is 869 g/mol. The van der Waals surface area contributed by atoms with Crippen molar-refractivity contribution in [2.75, 3.05) is 34.9 Å². The molecule has 0 bridgehead atoms. The van der Waals surface area contributed by atoms with Crippen LogP contribution in [0.5, 0.6) is 0 Å². The molecule has 2 N–H and O–H groups in total. The van der Waals surface area contributed by atoms with E-state index in [4.69, 9.17) is 28.5 Å². The maximum Gasteiger partial charge on any atom is 0.425 e. The Hall–Kier alpha value is -3.93. The van der Waals surface area contributed by atoms with Gasteiger partial charge in [-0.15, -0.1) is 0 Å². The van der Waals surface area contributed by atoms with E-state index in [1.807, 2.05) is 94.7 Å². The lowest BCUT2D eigenvalue weighted by Crippen LogP contribution is -2.61. The van der Waals surface area contributed by atoms with Gasteiger partial charge in [-0.2, -0.15) is 0 Å². The van der Waals surface area contributed by atoms with Crippen LogP contribution in [0.3, 0.4) is 0 Å². The third-order valence-electron chi connectivity index (χ3n) is 13.3. The molecule has 2 aromatic rings. The lowest BCUT2D eigenvalue weighted by Gasteiger charge is -2.47. The minimum atomic E-state index is -1.37. The molecule has 16 heteroatoms. The van der Waals surface area contributed by atoms with Gasteiger partial charge >= 0.3 is 12.1 Å². The molecule has 5 rings (SSSR count). The van der Waals surface area contributed by atoms with E-state index in [-0.39, 0.29) is 24.5 Å². The standard InChI is InChI=1S/C46H72N6O10/c1-13-14-21-36-46(8)40(52(44(56)62-46)48-22-18-23-51-26-34(47-27-51)33-19-16-15-17-20-33)30(4)37(49-58-12)28(2)25-45(7,57-11)41(31(5)38(53)32(6)42(55)60-36)61-43-39(54)35(50(9)10)24-29(3)59-43/h15-17,19-20,26-32,35-36,39-41,43,48,54H,13-14,18,21-25H2,1-12H3/b49-37+/t28-,29-,30-,31+,32-,35+,36+,39-,40?,41-,43?,45+,46-/m1/s1. The zero-order valence-corrected chi connectivity index (χ0v) is 38.9. The third kappa shape index (κ3) is 10.7. The van der Waals surface area contributed by atoms with Gasteiger partial charge in [0.2, 0.25) is 0 Å². The fraction of sp³-hybridized carbons (Fsp3) is 0.717. The van der Waals surface area contributed by atoms with Crippen molar-refractivity contribution in [3.05, 3.63) is 42.9 Å². The maximum atomic E-state index is 14.6. The Morgan fingerprint density at radius 2 is 1.74 bits per heavy atom. The summed E-state index contributed by atoms with van der Waals surface area (Å²) < 4.78 is 34.0. The summed E-state index contributed by atoms with van der Waals surface area (Å²) in [7, 11) is 6.81. The number of aromatic nitrogens is 2. The van der Waals surface area contributed by atoms with Crippen LogP contribution in [0.15, 0.2) is 48.0 Å². The van der Waals surface area contributed by atoms with E-state index in [2.05, 4.69) is 15.6 Å². The van der Waals surface area contributed by atoms with Gasteiger partial charge in [0.25, 0.3) is 0 Å². The number of amides is 1. The minimum Gasteiger partial charge on any atom is -0.457 e. The van der Waals surface area contributed by atoms with Crippen LogP contribution in [-0.2, 0) is 44.7 Å². The van der Waals surface area contributed by atoms with Crippen molar-refractivity contribution in [3.63, 3.8) is 0 Å². The number of carbonyl (C=O) groups is 3. The molecule has 16 nitrogen and oxygen atoms in total. The fourth-order valence-electron chi connectivity index (χ4n) is 9.77. The predicted molar refractivity (Wildman–Crippen MR) is 234 cm³/mol. The highest BCUT2D eigenvalue weighted by atomic mass is 16.7. The molecule has 0 saturated carbocycles. The van der Waals surface area contributed by atoms with Crippen molar-refractivity contribution in [1.82, 2.24) is 24.9 Å². The number of imidazole rings is 1. The number of hydrogen-bond donors (Lipinski definition) is 2. The van der Waals surface area contributed by atoms with Crippen molar-refractivity contribution in [3.8, 4) is 11.3 Å². The van der Waals surface area contributed by atoms with Crippen LogP contribution in [0.2, 0.25) is 0 Å². The summed E-state index contributed by atoms with van der Waals surface area (Å²) in [6.07, 6.45) is 2.23. The van der Waals surface area contributed by atoms with Crippen LogP contribution in [0.4, 0.5) is 4.79 Å². The number of hydrogen-bond acceptors (Lipinski definition) is 14. The Balaban J connectivity index is 1.51. The van der Waals surface area contributed by atoms with Gasteiger partial charge in [0.1, 0.15) is 31.3 Å². The molecule has 62 heavy (non-hydrogen) atoms. The molecule has 2 unspecified atom stereocenters. The zero-order valence-electron chi connectivity index (χ0n) is 38.9. The number of aryl methyl sites for hydroxylation is 1. The number of esters is 1. The molecule has 1 aromatic heterocycles. The van der Waals surface area contributed by atoms with Gasteiger partial charge in [-0.05, 0) is 73.9 Å². The fourth-order valence-corrected chi connectivity index (χ4v) is 9.77. The van der Waals surface area contributed by atoms with E-state index in [0.717, 1.165) is 17.7 Å². The number of carbonyl (C=O) groups excluding carboxylic acids is 3. The number of oxime groups is 1. The molecule has 4 heterocycles. The summed E-state index contributed by atoms with van der Waals surface area (Å²) in [5.74, 6) is -4.20. The molecule has 13 atom stereocenters. The summed E-state index contributed by atoms with van der Waals surface area (Å²) in [6, 6.07) is 8.95. The zero-order chi connectivity index (χ0) is 45.5. The molecule has 0 aliphatic carbocycles. The van der Waals surface area contributed by atoms with Crippen molar-refractivity contribution in [2.45, 2.75) is 154 Å². The number of benzene rings is 1. The summed E-state index contributed by atoms with van der Waals surface area (Å²) in [5, 5.41) is 17.7. The SMILES string of the molecule is CCCC[C@@H]1OC(=O)[C@H](C)C(=O)[C@H](C)[C@@H](OC2O[C@H](C)C[C@H](N(C)C)[C@H]2O)[C@@](C)(OC)C[C@@H](C)/C(=N\OC)[C@@H](C)C2N(NCCCn3cnc(-c4ccccc4)c3)C(=O)O[C@@]21C. The van der Waals surface area contributed by atoms with Gasteiger partial charge in [-0.1, -0.05) is 69.6 Å². The molecular weight excluding hydrogens is 797 g/mol. The second-order valence-electron chi connectivity index (χ2n) is 18.2. The van der Waals surface area contributed by atoms with Gasteiger partial charge in [0, 0.05) is 55.8 Å². The largest absolute Gasteiger partial charge is 0.457 e. The highest BCUT2D eigenvalue weighted by molar-refractivity contribution is 6.00. The number of hydrazine groups is 1. The predicted octanol–water partition coefficient (Wildman–Crippen LogP) is 5.86. The van der Waals surface area contributed by atoms with Crippen LogP contribution in [0.1, 0.15) is 93.9 Å². The molecule has 1 amide bonds. The number of nitrogens with zero attached hydrogens (tertiary/aromatic N) is 5. The maximum absolute atomic E-state index is 14.6. The van der Waals surface area contributed by atoms with E-state index in [0.29, 0.717) is 44.5 Å². The number of methoxy groups -OCH3 is 1. The lowest BCUT2D eigenvalue weighted by molar-refractivity contribution is -0.295. The molecule has 0 radical (unpaired) electrons. The van der Waals surface area contributed by atoms with E-state index in [9.17, 15) is 19.5 Å². The van der Waals surface area contributed by atoms with Crippen molar-refractivity contribution in [2.24, 2.45) is 28.8 Å². The van der Waals surface area contributed by atoms with E-state index in [1.165, 1.54) is 19.0 Å². The summed E-state index contributed by atoms with van der Waals surface area (Å²) in [4.78, 5) is 55.0. The van der Waals surface area contributed by atoms with E-state index in [1.54, 1.807) is 27.3 Å². The average molecular weight is 869 g/mol. The first-order chi connectivity index (χ1) is 29.4. The highest BCUT2D eigenvalue weighted by Gasteiger charge is 2.61. The van der Waals surface area contributed by atoms with Crippen LogP contribution in [0, 0.1) is 23.7 Å². The summed E-state index contributed by atoms with van der Waals surface area (Å²) >= 11 is 0. The molecule has 3 aliphatic heterocycles. The first-order valence-corrected chi connectivity index (χ1v) is 22.3. The van der Waals surface area contributed by atoms with Crippen molar-refractivity contribution >= 4 is 23.6 Å². The number of nitrogens with one attached hydrogen (secondary N) is 1. The first kappa shape index (κ1) is 49.1. The van der Waals surface area contributed by atoms with E-state index >= 15 is 0 Å². The van der Waals surface area contributed by atoms with Crippen LogP contribution >= 0.6 is 0 Å². The number of unbranched alkanes of at least 4 members (excludes halogenated alkanes) is 1. The Morgan fingerprint density at radius 1 is 1.03 bits per heavy atom. The quantitative estimate of drug-likeness (QED) is 0.100. The number of aliphatic hydroxyl groups is 1. The van der Waals surface area contributed by atoms with Crippen molar-refractivity contribution < 1.29 is 48.0 Å². The van der Waals surface area contributed by atoms with Gasteiger partial charge in [0.05, 0.1) is 35.5 Å². The number of Topliss-reactive ketones (excluding diaryl/α,β-unsaturated/α-hetero) is 1. The van der Waals surface area contributed by atoms with Crippen molar-refractivity contribution in [1.29, 1.82) is 0 Å². The number of aliphatic hydroxyl groups excluding tert-OH is 1. The minimum absolute atomic E-state index is 0.246. The Morgan fingerprint density at radius 3 is 2.39 bits per heavy atom. The Bertz CT molecular complexity index is 1830. The number of likely N-dealkylation sites (N-methyl/N-ethyl adjacent to an activating group) is 1. The number of rotatable bonds is 14. The number of fused-ring (bicyclic) bond motifs is 1. The average Bonchev–Trinajstić information content (AvgIpc) is 3.83. The Labute approximate surface area is 367 Å². The second kappa shape index (κ2) is 21.2. The molecule has 3 aliphatic rings. The molecule has 3 fully saturated rings. The lowest BCUT2D eigenvalue weighted by atomic mass is 9.73. The highest BCUT2D eigenvalue weighted by Crippen LogP contribution is 2.43. The summed E-state index contributed by atoms with van der Waals surface area (Å²) in [6.45, 7) is 15.9. The smallest absolute Gasteiger partial charge is 0.425 e. The van der Waals surface area contributed by atoms with Gasteiger partial charge in [0.15, 0.2) is 17.7 Å². The van der Waals surface area contributed by atoms with Gasteiger partial charge in [-0.3, -0.25) is 9.59 Å². The second-order valence-corrected chi connectivity index (χ2v) is 18.2. The topological polar surface area (TPSA) is 176 Å². The molecular formula is C46H72N6O10. The molecule has 3 saturated heterocycles. The first-order valence-electron chi connectivity index (χ1n) is 22.3. The van der Waals surface area contributed by atoms with Crippen LogP contribution in [0.25, 0.3) is 11.3 Å². The van der Waals surface area contributed by atoms with Crippen LogP contribution in [-0.4, -0.2) is 137 Å². The molecule has 346 valence electrons. The number of ether oxygens (including phenoxy) is 5. The normalized spacial score (nSPS) is 35.7. The number of cyclic esters (lactones) is 1. The third-order valence-corrected chi connectivity index (χ3v) is 13.3. The number of ketones is 1. The molecule has 0 spiro atoms. The van der Waals surface area contributed by atoms with Gasteiger partial charge < -0.3 is 43.1 Å². The summed E-state index contributed by atoms with van der Waals surface area (Å²) in [5.41, 5.74) is 3.29. The molecule has 1 aromatic carbocycles. The van der Waals surface area contributed by atoms with Gasteiger partial charge in [-0.25, -0.2) is 20.2 Å².